The maximum absolute atomic E-state index is 12.5. The quantitative estimate of drug-likeness (QED) is 0.660. The van der Waals surface area contributed by atoms with Crippen LogP contribution in [0.3, 0.4) is 0 Å². The molecule has 0 aromatic heterocycles. The fourth-order valence-corrected chi connectivity index (χ4v) is 4.57. The number of aliphatic hydroxyl groups excluding tert-OH is 1. The van der Waals surface area contributed by atoms with Crippen LogP contribution in [0.25, 0.3) is 6.08 Å². The molecule has 0 saturated carbocycles. The molecule has 0 unspecified atom stereocenters. The number of carbonyl (C=O) groups excluding carboxylic acids is 1. The van der Waals surface area contributed by atoms with Crippen molar-refractivity contribution in [1.82, 2.24) is 15.1 Å². The van der Waals surface area contributed by atoms with Gasteiger partial charge in [0.25, 0.3) is 0 Å². The Kier molecular flexibility index (Phi) is 8.24. The first kappa shape index (κ1) is 22.0. The van der Waals surface area contributed by atoms with Crippen molar-refractivity contribution in [3.63, 3.8) is 0 Å². The Balaban J connectivity index is 1.64. The number of morpholine rings is 1. The molecule has 3 atom stereocenters. The summed E-state index contributed by atoms with van der Waals surface area (Å²) in [5, 5.41) is 13.1. The lowest BCUT2D eigenvalue weighted by Crippen LogP contribution is -2.67. The summed E-state index contributed by atoms with van der Waals surface area (Å²) < 4.78 is 5.35. The Hall–Kier alpha value is -1.73. The third kappa shape index (κ3) is 5.45. The summed E-state index contributed by atoms with van der Waals surface area (Å²) in [6.45, 7) is 9.30. The van der Waals surface area contributed by atoms with E-state index in [2.05, 4.69) is 52.4 Å². The van der Waals surface area contributed by atoms with Crippen molar-refractivity contribution in [2.24, 2.45) is 0 Å². The van der Waals surface area contributed by atoms with E-state index in [1.807, 2.05) is 13.0 Å². The van der Waals surface area contributed by atoms with Crippen LogP contribution in [0.2, 0.25) is 0 Å². The van der Waals surface area contributed by atoms with Gasteiger partial charge in [-0.3, -0.25) is 14.6 Å². The van der Waals surface area contributed by atoms with Crippen LogP contribution in [0.15, 0.2) is 30.3 Å². The second kappa shape index (κ2) is 10.9. The number of carbonyl (C=O) groups is 1. The molecule has 2 heterocycles. The van der Waals surface area contributed by atoms with Crippen LogP contribution >= 0.6 is 0 Å². The maximum Gasteiger partial charge on any atom is 0.234 e. The zero-order valence-corrected chi connectivity index (χ0v) is 17.7. The van der Waals surface area contributed by atoms with E-state index in [9.17, 15) is 9.90 Å². The van der Waals surface area contributed by atoms with E-state index in [1.165, 1.54) is 11.1 Å². The minimum Gasteiger partial charge on any atom is -0.395 e. The second-order valence-corrected chi connectivity index (χ2v) is 7.94. The number of hydrogen-bond acceptors (Lipinski definition) is 5. The van der Waals surface area contributed by atoms with Crippen molar-refractivity contribution in [2.75, 3.05) is 52.5 Å². The summed E-state index contributed by atoms with van der Waals surface area (Å²) in [6, 6.07) is 8.90. The van der Waals surface area contributed by atoms with Gasteiger partial charge >= 0.3 is 0 Å². The summed E-state index contributed by atoms with van der Waals surface area (Å²) in [7, 11) is 0. The Morgan fingerprint density at radius 3 is 2.59 bits per heavy atom. The molecule has 2 saturated heterocycles. The average molecular weight is 402 g/mol. The van der Waals surface area contributed by atoms with E-state index >= 15 is 0 Å². The molecule has 0 spiro atoms. The molecule has 160 valence electrons. The zero-order chi connectivity index (χ0) is 20.6. The molecule has 1 amide bonds. The van der Waals surface area contributed by atoms with Gasteiger partial charge in [0.15, 0.2) is 0 Å². The van der Waals surface area contributed by atoms with Gasteiger partial charge in [0.2, 0.25) is 5.91 Å². The van der Waals surface area contributed by atoms with E-state index in [0.29, 0.717) is 26.3 Å². The smallest absolute Gasteiger partial charge is 0.234 e. The molecule has 0 radical (unpaired) electrons. The normalized spacial score (nSPS) is 25.8. The first-order valence-electron chi connectivity index (χ1n) is 10.8. The first-order valence-corrected chi connectivity index (χ1v) is 10.8. The molecule has 29 heavy (non-hydrogen) atoms. The Labute approximate surface area is 174 Å². The summed E-state index contributed by atoms with van der Waals surface area (Å²) in [5.74, 6) is 0.299. The second-order valence-electron chi connectivity index (χ2n) is 7.94. The number of benzene rings is 1. The summed E-state index contributed by atoms with van der Waals surface area (Å²) in [6.07, 6.45) is 5.15. The van der Waals surface area contributed by atoms with Gasteiger partial charge in [-0.25, -0.2) is 0 Å². The van der Waals surface area contributed by atoms with Crippen molar-refractivity contribution in [3.8, 4) is 0 Å². The van der Waals surface area contributed by atoms with Crippen LogP contribution in [-0.4, -0.2) is 85.4 Å². The number of hydrogen-bond donors (Lipinski definition) is 2. The molecule has 1 aromatic carbocycles. The van der Waals surface area contributed by atoms with Crippen molar-refractivity contribution >= 4 is 12.0 Å². The molecule has 2 fully saturated rings. The predicted molar refractivity (Wildman–Crippen MR) is 116 cm³/mol. The molecule has 2 aliphatic rings. The largest absolute Gasteiger partial charge is 0.395 e. The summed E-state index contributed by atoms with van der Waals surface area (Å²) in [4.78, 5) is 16.9. The first-order chi connectivity index (χ1) is 14.2. The molecule has 2 aliphatic heterocycles. The van der Waals surface area contributed by atoms with Crippen molar-refractivity contribution < 1.29 is 14.6 Å². The van der Waals surface area contributed by atoms with E-state index in [4.69, 9.17) is 4.74 Å². The van der Waals surface area contributed by atoms with E-state index < -0.39 is 0 Å². The zero-order valence-electron chi connectivity index (χ0n) is 17.7. The fourth-order valence-electron chi connectivity index (χ4n) is 4.57. The highest BCUT2D eigenvalue weighted by Crippen LogP contribution is 2.40. The lowest BCUT2D eigenvalue weighted by Gasteiger charge is -2.55. The van der Waals surface area contributed by atoms with Crippen LogP contribution in [0.1, 0.15) is 37.3 Å². The molecule has 0 bridgehead atoms. The number of rotatable bonds is 9. The molecule has 0 aliphatic carbocycles. The van der Waals surface area contributed by atoms with Gasteiger partial charge in [0.1, 0.15) is 0 Å². The molecule has 6 heteroatoms. The van der Waals surface area contributed by atoms with Crippen molar-refractivity contribution in [2.45, 2.75) is 38.3 Å². The Morgan fingerprint density at radius 1 is 1.24 bits per heavy atom. The Bertz CT molecular complexity index is 670. The lowest BCUT2D eigenvalue weighted by atomic mass is 9.74. The topological polar surface area (TPSA) is 65.0 Å². The van der Waals surface area contributed by atoms with Crippen molar-refractivity contribution in [1.29, 1.82) is 0 Å². The van der Waals surface area contributed by atoms with Gasteiger partial charge in [0, 0.05) is 37.6 Å². The minimum absolute atomic E-state index is 0.0676. The third-order valence-corrected chi connectivity index (χ3v) is 6.01. The molecule has 2 N–H and O–H groups in total. The number of amides is 1. The maximum atomic E-state index is 12.5. The standard InChI is InChI=1S/C23H35N3O3/c1-3-5-18-6-8-19(9-7-18)23-20(26(10-4-2)21(23)17-27)15-24-22(28)16-25-11-13-29-14-12-25/h3,5-9,20-21,23,27H,4,10-17H2,1-2H3,(H,24,28)/b5-3+/t20-,21+,23+/m0/s1. The van der Waals surface area contributed by atoms with Crippen LogP contribution in [0.4, 0.5) is 0 Å². The van der Waals surface area contributed by atoms with Gasteiger partial charge in [-0.15, -0.1) is 0 Å². The number of likely N-dealkylation sites (tertiary alicyclic amines) is 1. The molecule has 3 rings (SSSR count). The van der Waals surface area contributed by atoms with E-state index in [1.54, 1.807) is 0 Å². The fraction of sp³-hybridized carbons (Fsp3) is 0.609. The number of nitrogens with zero attached hydrogens (tertiary/aromatic N) is 2. The number of nitrogens with one attached hydrogen (secondary N) is 1. The van der Waals surface area contributed by atoms with E-state index in [0.717, 1.165) is 26.1 Å². The van der Waals surface area contributed by atoms with Gasteiger partial charge in [-0.05, 0) is 31.0 Å². The van der Waals surface area contributed by atoms with Crippen LogP contribution < -0.4 is 5.32 Å². The molecule has 6 nitrogen and oxygen atoms in total. The molecule has 1 aromatic rings. The van der Waals surface area contributed by atoms with Gasteiger partial charge in [-0.1, -0.05) is 43.3 Å². The summed E-state index contributed by atoms with van der Waals surface area (Å²) >= 11 is 0. The number of aliphatic hydroxyl groups is 1. The average Bonchev–Trinajstić information content (AvgIpc) is 2.73. The Morgan fingerprint density at radius 2 is 1.97 bits per heavy atom. The summed E-state index contributed by atoms with van der Waals surface area (Å²) in [5.41, 5.74) is 2.41. The predicted octanol–water partition coefficient (Wildman–Crippen LogP) is 1.71. The third-order valence-electron chi connectivity index (χ3n) is 6.01. The van der Waals surface area contributed by atoms with Crippen LogP contribution in [0.5, 0.6) is 0 Å². The van der Waals surface area contributed by atoms with E-state index in [-0.39, 0.29) is 30.5 Å². The highest BCUT2D eigenvalue weighted by Gasteiger charge is 2.47. The monoisotopic (exact) mass is 401 g/mol. The molecular weight excluding hydrogens is 366 g/mol. The highest BCUT2D eigenvalue weighted by atomic mass is 16.5. The van der Waals surface area contributed by atoms with Gasteiger partial charge in [-0.2, -0.15) is 0 Å². The highest BCUT2D eigenvalue weighted by molar-refractivity contribution is 5.78. The van der Waals surface area contributed by atoms with Crippen LogP contribution in [0, 0.1) is 0 Å². The number of allylic oxidation sites excluding steroid dienone is 1. The number of ether oxygens (including phenoxy) is 1. The lowest BCUT2D eigenvalue weighted by molar-refractivity contribution is -0.124. The van der Waals surface area contributed by atoms with Gasteiger partial charge in [0.05, 0.1) is 26.4 Å². The van der Waals surface area contributed by atoms with Gasteiger partial charge < -0.3 is 15.2 Å². The SMILES string of the molecule is C/C=C/c1ccc([C@H]2[C@@H](CO)N(CCC)[C@H]2CNC(=O)CN2CCOCC2)cc1. The minimum atomic E-state index is 0.0676. The van der Waals surface area contributed by atoms with Crippen LogP contribution in [-0.2, 0) is 9.53 Å². The van der Waals surface area contributed by atoms with Crippen molar-refractivity contribution in [3.05, 3.63) is 41.5 Å². The molecular formula is C23H35N3O3.